The summed E-state index contributed by atoms with van der Waals surface area (Å²) in [7, 11) is 0. The molecule has 0 bridgehead atoms. The van der Waals surface area contributed by atoms with Gasteiger partial charge < -0.3 is 5.32 Å². The molecule has 2 rings (SSSR count). The quantitative estimate of drug-likeness (QED) is 0.438. The van der Waals surface area contributed by atoms with E-state index in [0.29, 0.717) is 0 Å². The monoisotopic (exact) mass is 381 g/mol. The number of halogens is 3. The second kappa shape index (κ2) is 11.6. The fraction of sp³-hybridized carbons (Fsp3) is 0.625. The molecule has 1 aliphatic rings. The Morgan fingerprint density at radius 2 is 1.96 bits per heavy atom. The average molecular weight is 382 g/mol. The fourth-order valence-electron chi connectivity index (χ4n) is 3.02. The molecule has 0 aromatic heterocycles. The molecule has 1 N–H and O–H groups in total. The summed E-state index contributed by atoms with van der Waals surface area (Å²) in [6, 6.07) is 4.46. The Balaban J connectivity index is 0.00000264. The van der Waals surface area contributed by atoms with Crippen LogP contribution in [-0.2, 0) is 0 Å². The smallest absolute Gasteiger partial charge is 0.305 e. The normalized spacial score (nSPS) is 15.9. The Morgan fingerprint density at radius 3 is 2.54 bits per heavy atom. The van der Waals surface area contributed by atoms with Crippen LogP contribution in [0.15, 0.2) is 18.2 Å². The van der Waals surface area contributed by atoms with E-state index in [9.17, 15) is 14.5 Å². The molecule has 1 aromatic rings. The molecule has 1 saturated heterocycles. The van der Waals surface area contributed by atoms with Crippen LogP contribution in [-0.4, -0.2) is 36.0 Å². The Hall–Kier alpha value is -0.950. The van der Waals surface area contributed by atoms with Crippen LogP contribution in [0.25, 0.3) is 0 Å². The van der Waals surface area contributed by atoms with Crippen molar-refractivity contribution in [1.29, 1.82) is 0 Å². The molecule has 24 heavy (non-hydrogen) atoms. The maximum Gasteiger partial charge on any atom is 0.305 e. The summed E-state index contributed by atoms with van der Waals surface area (Å²) in [4.78, 5) is 12.7. The van der Waals surface area contributed by atoms with Gasteiger partial charge in [0.15, 0.2) is 0 Å². The van der Waals surface area contributed by atoms with Crippen LogP contribution in [0.3, 0.4) is 0 Å². The number of hydrogen-bond acceptors (Lipinski definition) is 4. The SMILES string of the molecule is CCCCC[C@H](c1ccc(F)c([N+](=O)[O-])c1)N1CCNCC1.Cl.Cl. The Bertz CT molecular complexity index is 514. The van der Waals surface area contributed by atoms with Crippen molar-refractivity contribution >= 4 is 30.5 Å². The van der Waals surface area contributed by atoms with Gasteiger partial charge in [0.05, 0.1) is 4.92 Å². The summed E-state index contributed by atoms with van der Waals surface area (Å²) in [6.07, 6.45) is 4.32. The first-order valence-electron chi connectivity index (χ1n) is 8.02. The van der Waals surface area contributed by atoms with Crippen molar-refractivity contribution in [3.05, 3.63) is 39.7 Å². The molecule has 0 amide bonds. The van der Waals surface area contributed by atoms with E-state index in [2.05, 4.69) is 17.1 Å². The molecule has 0 radical (unpaired) electrons. The standard InChI is InChI=1S/C16H24FN3O2.2ClH/c1-2-3-4-5-15(19-10-8-18-9-11-19)13-6-7-14(17)16(12-13)20(21)22;;/h6-7,12,15,18H,2-5,8-11H2,1H3;2*1H/t15-;;/m1../s1. The first kappa shape index (κ1) is 23.1. The number of hydrogen-bond donors (Lipinski definition) is 1. The van der Waals surface area contributed by atoms with Gasteiger partial charge in [0.2, 0.25) is 5.82 Å². The number of piperazine rings is 1. The highest BCUT2D eigenvalue weighted by Gasteiger charge is 2.24. The highest BCUT2D eigenvalue weighted by atomic mass is 35.5. The zero-order valence-electron chi connectivity index (χ0n) is 13.9. The maximum atomic E-state index is 13.6. The molecule has 5 nitrogen and oxygen atoms in total. The molecule has 138 valence electrons. The van der Waals surface area contributed by atoms with Crippen molar-refractivity contribution in [2.45, 2.75) is 38.6 Å². The van der Waals surface area contributed by atoms with Gasteiger partial charge in [-0.25, -0.2) is 0 Å². The maximum absolute atomic E-state index is 13.6. The van der Waals surface area contributed by atoms with Crippen LogP contribution in [0.1, 0.15) is 44.2 Å². The number of nitrogens with one attached hydrogen (secondary N) is 1. The first-order valence-corrected chi connectivity index (χ1v) is 8.02. The van der Waals surface area contributed by atoms with Gasteiger partial charge in [-0.3, -0.25) is 15.0 Å². The van der Waals surface area contributed by atoms with Crippen LogP contribution in [0.5, 0.6) is 0 Å². The lowest BCUT2D eigenvalue weighted by Crippen LogP contribution is -2.45. The number of unbranched alkanes of at least 4 members (excludes halogenated alkanes) is 2. The molecule has 0 saturated carbocycles. The van der Waals surface area contributed by atoms with Crippen molar-refractivity contribution in [2.75, 3.05) is 26.2 Å². The van der Waals surface area contributed by atoms with Crippen molar-refractivity contribution < 1.29 is 9.31 Å². The van der Waals surface area contributed by atoms with Gasteiger partial charge >= 0.3 is 5.69 Å². The van der Waals surface area contributed by atoms with E-state index in [1.165, 1.54) is 12.1 Å². The molecule has 1 heterocycles. The average Bonchev–Trinajstić information content (AvgIpc) is 2.53. The molecule has 0 aliphatic carbocycles. The number of rotatable bonds is 7. The Kier molecular flexibility index (Phi) is 11.1. The van der Waals surface area contributed by atoms with Gasteiger partial charge in [0, 0.05) is 38.3 Å². The van der Waals surface area contributed by atoms with Gasteiger partial charge in [-0.05, 0) is 18.1 Å². The predicted octanol–water partition coefficient (Wildman–Crippen LogP) is 4.10. The number of nitro groups is 1. The topological polar surface area (TPSA) is 58.4 Å². The highest BCUT2D eigenvalue weighted by Crippen LogP contribution is 2.30. The van der Waals surface area contributed by atoms with E-state index >= 15 is 0 Å². The Morgan fingerprint density at radius 1 is 1.29 bits per heavy atom. The number of nitrogens with zero attached hydrogens (tertiary/aromatic N) is 2. The first-order chi connectivity index (χ1) is 10.6. The zero-order valence-corrected chi connectivity index (χ0v) is 15.5. The third-order valence-corrected chi connectivity index (χ3v) is 4.23. The summed E-state index contributed by atoms with van der Waals surface area (Å²) in [6.45, 7) is 5.84. The predicted molar refractivity (Wildman–Crippen MR) is 98.9 cm³/mol. The van der Waals surface area contributed by atoms with Crippen LogP contribution in [0.2, 0.25) is 0 Å². The van der Waals surface area contributed by atoms with Crippen LogP contribution in [0, 0.1) is 15.9 Å². The highest BCUT2D eigenvalue weighted by molar-refractivity contribution is 5.85. The minimum absolute atomic E-state index is 0. The largest absolute Gasteiger partial charge is 0.314 e. The zero-order chi connectivity index (χ0) is 15.9. The van der Waals surface area contributed by atoms with Gasteiger partial charge in [0.25, 0.3) is 0 Å². The van der Waals surface area contributed by atoms with Gasteiger partial charge in [-0.2, -0.15) is 4.39 Å². The third kappa shape index (κ3) is 6.16. The van der Waals surface area contributed by atoms with E-state index < -0.39 is 16.4 Å². The van der Waals surface area contributed by atoms with Gasteiger partial charge in [0.1, 0.15) is 0 Å². The van der Waals surface area contributed by atoms with E-state index in [0.717, 1.165) is 57.4 Å². The molecular weight excluding hydrogens is 356 g/mol. The van der Waals surface area contributed by atoms with Crippen molar-refractivity contribution in [3.63, 3.8) is 0 Å². The summed E-state index contributed by atoms with van der Waals surface area (Å²) >= 11 is 0. The number of benzene rings is 1. The van der Waals surface area contributed by atoms with Crippen LogP contribution < -0.4 is 5.32 Å². The lowest BCUT2D eigenvalue weighted by atomic mass is 9.97. The minimum atomic E-state index is -0.763. The molecular formula is C16H26Cl2FN3O2. The van der Waals surface area contributed by atoms with Crippen molar-refractivity contribution in [1.82, 2.24) is 10.2 Å². The van der Waals surface area contributed by atoms with Crippen molar-refractivity contribution in [2.24, 2.45) is 0 Å². The van der Waals surface area contributed by atoms with E-state index in [4.69, 9.17) is 0 Å². The molecule has 8 heteroatoms. The van der Waals surface area contributed by atoms with E-state index in [1.807, 2.05) is 0 Å². The fourth-order valence-corrected chi connectivity index (χ4v) is 3.02. The molecule has 0 spiro atoms. The van der Waals surface area contributed by atoms with Crippen LogP contribution in [0.4, 0.5) is 10.1 Å². The van der Waals surface area contributed by atoms with E-state index in [1.54, 1.807) is 6.07 Å². The molecule has 1 aromatic carbocycles. The molecule has 1 aliphatic heterocycles. The third-order valence-electron chi connectivity index (χ3n) is 4.23. The second-order valence-electron chi connectivity index (χ2n) is 5.77. The summed E-state index contributed by atoms with van der Waals surface area (Å²) in [5, 5.41) is 14.3. The van der Waals surface area contributed by atoms with E-state index in [-0.39, 0.29) is 30.9 Å². The van der Waals surface area contributed by atoms with Gasteiger partial charge in [-0.1, -0.05) is 32.3 Å². The Labute approximate surface area is 155 Å². The lowest BCUT2D eigenvalue weighted by Gasteiger charge is -2.35. The molecule has 0 unspecified atom stereocenters. The van der Waals surface area contributed by atoms with Crippen molar-refractivity contribution in [3.8, 4) is 0 Å². The summed E-state index contributed by atoms with van der Waals surface area (Å²) in [5.74, 6) is -0.763. The van der Waals surface area contributed by atoms with Crippen LogP contribution >= 0.6 is 24.8 Å². The lowest BCUT2D eigenvalue weighted by molar-refractivity contribution is -0.387. The number of nitro benzene ring substituents is 1. The second-order valence-corrected chi connectivity index (χ2v) is 5.77. The summed E-state index contributed by atoms with van der Waals surface area (Å²) < 4.78 is 13.6. The molecule has 1 atom stereocenters. The van der Waals surface area contributed by atoms with Gasteiger partial charge in [-0.15, -0.1) is 24.8 Å². The molecule has 1 fully saturated rings. The summed E-state index contributed by atoms with van der Waals surface area (Å²) in [5.41, 5.74) is 0.430. The minimum Gasteiger partial charge on any atom is -0.314 e.